The van der Waals surface area contributed by atoms with E-state index in [0.717, 1.165) is 5.56 Å². The molecule has 130 valence electrons. The Balaban J connectivity index is 1.57. The summed E-state index contributed by atoms with van der Waals surface area (Å²) in [6.07, 6.45) is 0.238. The number of hydrogen-bond acceptors (Lipinski definition) is 2. The number of benzene rings is 2. The predicted octanol–water partition coefficient (Wildman–Crippen LogP) is 2.77. The SMILES string of the molecule is CN(Cc1ccccc1)C(=O)N[C@H]1CC(=O)N(c2ccc(F)cc2)C1. The molecule has 0 radical (unpaired) electrons. The van der Waals surface area contributed by atoms with E-state index in [1.54, 1.807) is 29.0 Å². The molecule has 1 N–H and O–H groups in total. The minimum absolute atomic E-state index is 0.0809. The summed E-state index contributed by atoms with van der Waals surface area (Å²) >= 11 is 0. The monoisotopic (exact) mass is 341 g/mol. The maximum absolute atomic E-state index is 13.0. The standard InChI is InChI=1S/C19H20FN3O2/c1-22(12-14-5-3-2-4-6-14)19(25)21-16-11-18(24)23(13-16)17-9-7-15(20)8-10-17/h2-10,16H,11-13H2,1H3,(H,21,25)/t16-/m0/s1. The van der Waals surface area contributed by atoms with Crippen LogP contribution in [-0.4, -0.2) is 36.5 Å². The predicted molar refractivity (Wildman–Crippen MR) is 93.6 cm³/mol. The molecule has 1 saturated heterocycles. The first kappa shape index (κ1) is 17.0. The summed E-state index contributed by atoms with van der Waals surface area (Å²) in [5, 5.41) is 2.89. The average Bonchev–Trinajstić information content (AvgIpc) is 2.96. The zero-order valence-corrected chi connectivity index (χ0v) is 14.0. The zero-order chi connectivity index (χ0) is 17.8. The molecule has 1 heterocycles. The number of nitrogens with one attached hydrogen (secondary N) is 1. The minimum atomic E-state index is -0.345. The molecule has 3 rings (SSSR count). The molecule has 1 aliphatic rings. The van der Waals surface area contributed by atoms with Crippen LogP contribution in [0.4, 0.5) is 14.9 Å². The van der Waals surface area contributed by atoms with Gasteiger partial charge in [0.25, 0.3) is 0 Å². The molecule has 2 aromatic carbocycles. The third-order valence-corrected chi connectivity index (χ3v) is 4.20. The van der Waals surface area contributed by atoms with Gasteiger partial charge >= 0.3 is 6.03 Å². The van der Waals surface area contributed by atoms with Crippen molar-refractivity contribution in [1.82, 2.24) is 10.2 Å². The second-order valence-electron chi connectivity index (χ2n) is 6.17. The smallest absolute Gasteiger partial charge is 0.317 e. The van der Waals surface area contributed by atoms with Crippen molar-refractivity contribution in [1.29, 1.82) is 0 Å². The number of carbonyl (C=O) groups is 2. The van der Waals surface area contributed by atoms with Crippen LogP contribution in [0.2, 0.25) is 0 Å². The van der Waals surface area contributed by atoms with Gasteiger partial charge in [-0.3, -0.25) is 4.79 Å². The Hall–Kier alpha value is -2.89. The van der Waals surface area contributed by atoms with Gasteiger partial charge in [-0.25, -0.2) is 9.18 Å². The number of urea groups is 1. The number of nitrogens with zero attached hydrogens (tertiary/aromatic N) is 2. The lowest BCUT2D eigenvalue weighted by molar-refractivity contribution is -0.117. The molecule has 5 nitrogen and oxygen atoms in total. The zero-order valence-electron chi connectivity index (χ0n) is 14.0. The lowest BCUT2D eigenvalue weighted by Gasteiger charge is -2.21. The summed E-state index contributed by atoms with van der Waals surface area (Å²) in [5.41, 5.74) is 1.68. The highest BCUT2D eigenvalue weighted by molar-refractivity contribution is 5.96. The van der Waals surface area contributed by atoms with E-state index in [4.69, 9.17) is 0 Å². The highest BCUT2D eigenvalue weighted by Gasteiger charge is 2.32. The van der Waals surface area contributed by atoms with E-state index in [1.807, 2.05) is 30.3 Å². The number of amides is 3. The van der Waals surface area contributed by atoms with E-state index >= 15 is 0 Å². The molecular weight excluding hydrogens is 321 g/mol. The van der Waals surface area contributed by atoms with Crippen LogP contribution >= 0.6 is 0 Å². The Labute approximate surface area is 146 Å². The first-order valence-corrected chi connectivity index (χ1v) is 8.14. The van der Waals surface area contributed by atoms with Crippen molar-refractivity contribution in [2.24, 2.45) is 0 Å². The summed E-state index contributed by atoms with van der Waals surface area (Å²) < 4.78 is 13.0. The van der Waals surface area contributed by atoms with Gasteiger partial charge in [0.05, 0.1) is 6.04 Å². The molecule has 1 atom stereocenters. The van der Waals surface area contributed by atoms with Crippen LogP contribution in [-0.2, 0) is 11.3 Å². The molecule has 6 heteroatoms. The Bertz CT molecular complexity index is 749. The van der Waals surface area contributed by atoms with Gasteiger partial charge in [0.15, 0.2) is 0 Å². The van der Waals surface area contributed by atoms with Crippen LogP contribution in [0.1, 0.15) is 12.0 Å². The second kappa shape index (κ2) is 7.34. The molecule has 2 aromatic rings. The number of hydrogen-bond donors (Lipinski definition) is 1. The van der Waals surface area contributed by atoms with Gasteiger partial charge in [0.2, 0.25) is 5.91 Å². The first-order valence-electron chi connectivity index (χ1n) is 8.14. The molecular formula is C19H20FN3O2. The molecule has 0 bridgehead atoms. The second-order valence-corrected chi connectivity index (χ2v) is 6.17. The molecule has 0 unspecified atom stereocenters. The topological polar surface area (TPSA) is 52.7 Å². The fourth-order valence-electron chi connectivity index (χ4n) is 2.89. The van der Waals surface area contributed by atoms with Crippen LogP contribution in [0, 0.1) is 5.82 Å². The number of rotatable bonds is 4. The van der Waals surface area contributed by atoms with Crippen molar-refractivity contribution in [2.45, 2.75) is 19.0 Å². The highest BCUT2D eigenvalue weighted by atomic mass is 19.1. The van der Waals surface area contributed by atoms with Crippen molar-refractivity contribution >= 4 is 17.6 Å². The summed E-state index contributed by atoms with van der Waals surface area (Å²) in [4.78, 5) is 27.7. The maximum atomic E-state index is 13.0. The molecule has 0 aromatic heterocycles. The number of halogens is 1. The Morgan fingerprint density at radius 1 is 1.20 bits per heavy atom. The molecule has 0 saturated carbocycles. The summed E-state index contributed by atoms with van der Waals surface area (Å²) in [6.45, 7) is 0.879. The van der Waals surface area contributed by atoms with Gasteiger partial charge in [0, 0.05) is 32.2 Å². The lowest BCUT2D eigenvalue weighted by Crippen LogP contribution is -2.43. The van der Waals surface area contributed by atoms with E-state index in [0.29, 0.717) is 18.8 Å². The normalized spacial score (nSPS) is 16.8. The average molecular weight is 341 g/mol. The largest absolute Gasteiger partial charge is 0.333 e. The molecule has 1 aliphatic heterocycles. The van der Waals surface area contributed by atoms with E-state index in [2.05, 4.69) is 5.32 Å². The minimum Gasteiger partial charge on any atom is -0.333 e. The van der Waals surface area contributed by atoms with Gasteiger partial charge in [-0.2, -0.15) is 0 Å². The van der Waals surface area contributed by atoms with Crippen LogP contribution in [0.5, 0.6) is 0 Å². The van der Waals surface area contributed by atoms with E-state index in [9.17, 15) is 14.0 Å². The summed E-state index contributed by atoms with van der Waals surface area (Å²) in [5.74, 6) is -0.426. The van der Waals surface area contributed by atoms with Crippen LogP contribution in [0.15, 0.2) is 54.6 Å². The van der Waals surface area contributed by atoms with Crippen molar-refractivity contribution in [3.63, 3.8) is 0 Å². The van der Waals surface area contributed by atoms with Crippen LogP contribution in [0.3, 0.4) is 0 Å². The summed E-state index contributed by atoms with van der Waals surface area (Å²) in [6, 6.07) is 15.0. The fraction of sp³-hybridized carbons (Fsp3) is 0.263. The van der Waals surface area contributed by atoms with E-state index in [-0.39, 0.29) is 30.2 Å². The van der Waals surface area contributed by atoms with Gasteiger partial charge in [-0.15, -0.1) is 0 Å². The van der Waals surface area contributed by atoms with Crippen molar-refractivity contribution in [3.05, 3.63) is 66.0 Å². The van der Waals surface area contributed by atoms with E-state index < -0.39 is 0 Å². The quantitative estimate of drug-likeness (QED) is 0.930. The van der Waals surface area contributed by atoms with Crippen molar-refractivity contribution < 1.29 is 14.0 Å². The molecule has 0 aliphatic carbocycles. The van der Waals surface area contributed by atoms with Crippen molar-refractivity contribution in [3.8, 4) is 0 Å². The molecule has 0 spiro atoms. The summed E-state index contributed by atoms with van der Waals surface area (Å²) in [7, 11) is 1.72. The van der Waals surface area contributed by atoms with Crippen LogP contribution < -0.4 is 10.2 Å². The van der Waals surface area contributed by atoms with Gasteiger partial charge in [-0.05, 0) is 29.8 Å². The molecule has 25 heavy (non-hydrogen) atoms. The fourth-order valence-corrected chi connectivity index (χ4v) is 2.89. The number of anilines is 1. The Kier molecular flexibility index (Phi) is 4.97. The number of carbonyl (C=O) groups excluding carboxylic acids is 2. The highest BCUT2D eigenvalue weighted by Crippen LogP contribution is 2.22. The van der Waals surface area contributed by atoms with Crippen LogP contribution in [0.25, 0.3) is 0 Å². The van der Waals surface area contributed by atoms with Crippen molar-refractivity contribution in [2.75, 3.05) is 18.5 Å². The lowest BCUT2D eigenvalue weighted by atomic mass is 10.2. The van der Waals surface area contributed by atoms with Gasteiger partial charge < -0.3 is 15.1 Å². The van der Waals surface area contributed by atoms with Gasteiger partial charge in [0.1, 0.15) is 5.82 Å². The molecule has 1 fully saturated rings. The van der Waals surface area contributed by atoms with Gasteiger partial charge in [-0.1, -0.05) is 30.3 Å². The Morgan fingerprint density at radius 2 is 1.88 bits per heavy atom. The first-order chi connectivity index (χ1) is 12.0. The maximum Gasteiger partial charge on any atom is 0.317 e. The van der Waals surface area contributed by atoms with E-state index in [1.165, 1.54) is 12.1 Å². The third-order valence-electron chi connectivity index (χ3n) is 4.20. The third kappa shape index (κ3) is 4.15. The molecule has 3 amide bonds. The Morgan fingerprint density at radius 3 is 2.56 bits per heavy atom.